The van der Waals surface area contributed by atoms with Gasteiger partial charge in [-0.1, -0.05) is 6.58 Å². The first-order valence-electron chi connectivity index (χ1n) is 3.79. The van der Waals surface area contributed by atoms with Crippen molar-refractivity contribution in [3.8, 4) is 0 Å². The fraction of sp³-hybridized carbons (Fsp3) is 0.625. The lowest BCUT2D eigenvalue weighted by molar-refractivity contribution is -0.135. The van der Waals surface area contributed by atoms with Crippen LogP contribution in [-0.2, 0) is 4.79 Å². The van der Waals surface area contributed by atoms with Crippen LogP contribution in [0.25, 0.3) is 0 Å². The number of aliphatic hydroxyl groups is 3. The lowest BCUT2D eigenvalue weighted by atomic mass is 9.79. The Bertz CT molecular complexity index is 195. The van der Waals surface area contributed by atoms with E-state index in [2.05, 4.69) is 6.58 Å². The Labute approximate surface area is 75.9 Å². The molecule has 76 valence electrons. The van der Waals surface area contributed by atoms with E-state index in [0.29, 0.717) is 0 Å². The van der Waals surface area contributed by atoms with E-state index >= 15 is 0 Å². The van der Waals surface area contributed by atoms with Crippen LogP contribution in [0.1, 0.15) is 6.42 Å². The van der Waals surface area contributed by atoms with Crippen molar-refractivity contribution in [1.29, 1.82) is 0 Å². The van der Waals surface area contributed by atoms with Crippen LogP contribution in [0, 0.1) is 5.41 Å². The van der Waals surface area contributed by atoms with E-state index in [-0.39, 0.29) is 18.6 Å². The first kappa shape index (κ1) is 12.1. The molecule has 5 heteroatoms. The molecule has 0 heterocycles. The molecule has 0 radical (unpaired) electrons. The molecule has 5 nitrogen and oxygen atoms in total. The summed E-state index contributed by atoms with van der Waals surface area (Å²) in [6.07, 6.45) is -0.0227. The molecule has 0 bridgehead atoms. The summed E-state index contributed by atoms with van der Waals surface area (Å²) < 4.78 is 0. The third-order valence-corrected chi connectivity index (χ3v) is 2.09. The number of aliphatic carboxylic acids is 1. The number of aliphatic hydroxyl groups excluding tert-OH is 3. The summed E-state index contributed by atoms with van der Waals surface area (Å²) in [5, 5.41) is 35.1. The number of carboxylic acids is 1. The largest absolute Gasteiger partial charge is 0.478 e. The van der Waals surface area contributed by atoms with E-state index in [1.807, 2.05) is 0 Å². The summed E-state index contributed by atoms with van der Waals surface area (Å²) in [7, 11) is 0. The monoisotopic (exact) mass is 190 g/mol. The van der Waals surface area contributed by atoms with Gasteiger partial charge in [-0.15, -0.1) is 0 Å². The zero-order valence-corrected chi connectivity index (χ0v) is 7.23. The summed E-state index contributed by atoms with van der Waals surface area (Å²) in [6.45, 7) is 1.85. The van der Waals surface area contributed by atoms with Crippen molar-refractivity contribution >= 4 is 5.97 Å². The Kier molecular flexibility index (Phi) is 4.61. The Morgan fingerprint density at radius 2 is 1.69 bits per heavy atom. The molecular formula is C8H14O5. The molecule has 0 amide bonds. The predicted molar refractivity (Wildman–Crippen MR) is 45.1 cm³/mol. The van der Waals surface area contributed by atoms with Crippen LogP contribution in [0.4, 0.5) is 0 Å². The second-order valence-corrected chi connectivity index (χ2v) is 2.85. The first-order chi connectivity index (χ1) is 6.04. The minimum Gasteiger partial charge on any atom is -0.478 e. The van der Waals surface area contributed by atoms with E-state index in [4.69, 9.17) is 20.4 Å². The van der Waals surface area contributed by atoms with Crippen LogP contribution in [0.2, 0.25) is 0 Å². The van der Waals surface area contributed by atoms with Crippen molar-refractivity contribution in [2.45, 2.75) is 6.42 Å². The van der Waals surface area contributed by atoms with Crippen molar-refractivity contribution < 1.29 is 25.2 Å². The highest BCUT2D eigenvalue weighted by Gasteiger charge is 2.35. The van der Waals surface area contributed by atoms with Gasteiger partial charge >= 0.3 is 5.97 Å². The maximum absolute atomic E-state index is 10.5. The highest BCUT2D eigenvalue weighted by molar-refractivity contribution is 5.87. The zero-order chi connectivity index (χ0) is 10.5. The Hall–Kier alpha value is -0.910. The van der Waals surface area contributed by atoms with E-state index in [9.17, 15) is 4.79 Å². The van der Waals surface area contributed by atoms with Gasteiger partial charge in [0, 0.05) is 12.2 Å². The summed E-state index contributed by atoms with van der Waals surface area (Å²) in [6, 6.07) is 0. The van der Waals surface area contributed by atoms with Crippen LogP contribution < -0.4 is 0 Å². The van der Waals surface area contributed by atoms with E-state index < -0.39 is 24.6 Å². The second kappa shape index (κ2) is 4.96. The maximum atomic E-state index is 10.5. The predicted octanol–water partition coefficient (Wildman–Crippen LogP) is -1.02. The van der Waals surface area contributed by atoms with Gasteiger partial charge in [-0.3, -0.25) is 0 Å². The lowest BCUT2D eigenvalue weighted by Crippen LogP contribution is -2.36. The lowest BCUT2D eigenvalue weighted by Gasteiger charge is -2.28. The SMILES string of the molecule is C=C(C(=O)O)C(CO)(CO)CCO. The number of hydrogen-bond acceptors (Lipinski definition) is 4. The van der Waals surface area contributed by atoms with Gasteiger partial charge in [-0.05, 0) is 6.42 Å². The van der Waals surface area contributed by atoms with Gasteiger partial charge in [0.05, 0.1) is 18.6 Å². The molecule has 13 heavy (non-hydrogen) atoms. The van der Waals surface area contributed by atoms with E-state index in [1.165, 1.54) is 0 Å². The molecule has 0 rings (SSSR count). The van der Waals surface area contributed by atoms with Gasteiger partial charge in [0.15, 0.2) is 0 Å². The summed E-state index contributed by atoms with van der Waals surface area (Å²) >= 11 is 0. The van der Waals surface area contributed by atoms with Crippen molar-refractivity contribution in [1.82, 2.24) is 0 Å². The molecule has 0 fully saturated rings. The number of carbonyl (C=O) groups is 1. The quantitative estimate of drug-likeness (QED) is 0.402. The second-order valence-electron chi connectivity index (χ2n) is 2.85. The van der Waals surface area contributed by atoms with Crippen LogP contribution in [-0.4, -0.2) is 46.2 Å². The van der Waals surface area contributed by atoms with Gasteiger partial charge in [-0.2, -0.15) is 0 Å². The zero-order valence-electron chi connectivity index (χ0n) is 7.23. The first-order valence-corrected chi connectivity index (χ1v) is 3.79. The highest BCUT2D eigenvalue weighted by atomic mass is 16.4. The standard InChI is InChI=1S/C8H14O5/c1-6(7(12)13)8(4-10,5-11)2-3-9/h9-11H,1-5H2,(H,12,13). The molecule has 0 saturated heterocycles. The molecule has 0 unspecified atom stereocenters. The molecule has 0 aromatic carbocycles. The van der Waals surface area contributed by atoms with Gasteiger partial charge in [0.1, 0.15) is 0 Å². The normalized spacial score (nSPS) is 11.3. The van der Waals surface area contributed by atoms with E-state index in [0.717, 1.165) is 0 Å². The average Bonchev–Trinajstić information content (AvgIpc) is 2.13. The molecule has 4 N–H and O–H groups in total. The Balaban J connectivity index is 4.74. The molecular weight excluding hydrogens is 176 g/mol. The van der Waals surface area contributed by atoms with Gasteiger partial charge in [-0.25, -0.2) is 4.79 Å². The molecule has 0 aromatic rings. The van der Waals surface area contributed by atoms with Crippen LogP contribution in [0.5, 0.6) is 0 Å². The van der Waals surface area contributed by atoms with Crippen molar-refractivity contribution in [2.75, 3.05) is 19.8 Å². The molecule has 0 aromatic heterocycles. The molecule has 0 aliphatic carbocycles. The van der Waals surface area contributed by atoms with Crippen LogP contribution in [0.3, 0.4) is 0 Å². The number of carboxylic acid groups (broad SMARTS) is 1. The molecule has 0 atom stereocenters. The fourth-order valence-corrected chi connectivity index (χ4v) is 0.991. The number of hydrogen-bond donors (Lipinski definition) is 4. The molecule has 0 spiro atoms. The molecule has 0 aliphatic heterocycles. The third-order valence-electron chi connectivity index (χ3n) is 2.09. The summed E-state index contributed by atoms with van der Waals surface area (Å²) in [4.78, 5) is 10.5. The van der Waals surface area contributed by atoms with Gasteiger partial charge in [0.25, 0.3) is 0 Å². The van der Waals surface area contributed by atoms with Crippen LogP contribution in [0.15, 0.2) is 12.2 Å². The van der Waals surface area contributed by atoms with Gasteiger partial charge in [0.2, 0.25) is 0 Å². The topological polar surface area (TPSA) is 98.0 Å². The average molecular weight is 190 g/mol. The Morgan fingerprint density at radius 1 is 1.23 bits per heavy atom. The Morgan fingerprint density at radius 3 is 1.92 bits per heavy atom. The summed E-state index contributed by atoms with van der Waals surface area (Å²) in [5.74, 6) is -1.28. The minimum atomic E-state index is -1.32. The van der Waals surface area contributed by atoms with Gasteiger partial charge < -0.3 is 20.4 Å². The van der Waals surface area contributed by atoms with E-state index in [1.54, 1.807) is 0 Å². The highest BCUT2D eigenvalue weighted by Crippen LogP contribution is 2.29. The number of rotatable bonds is 6. The fourth-order valence-electron chi connectivity index (χ4n) is 0.991. The van der Waals surface area contributed by atoms with Crippen LogP contribution >= 0.6 is 0 Å². The smallest absolute Gasteiger partial charge is 0.331 e. The van der Waals surface area contributed by atoms with Crippen molar-refractivity contribution in [2.24, 2.45) is 5.41 Å². The molecule has 0 saturated carbocycles. The van der Waals surface area contributed by atoms with Crippen molar-refractivity contribution in [3.63, 3.8) is 0 Å². The van der Waals surface area contributed by atoms with Crippen molar-refractivity contribution in [3.05, 3.63) is 12.2 Å². The minimum absolute atomic E-state index is 0.0227. The maximum Gasteiger partial charge on any atom is 0.331 e. The third kappa shape index (κ3) is 2.51. The molecule has 0 aliphatic rings. The summed E-state index contributed by atoms with van der Waals surface area (Å²) in [5.41, 5.74) is -1.60.